The Morgan fingerprint density at radius 3 is 2.92 bits per heavy atom. The fraction of sp³-hybridized carbons (Fsp3) is 0.182. The van der Waals surface area contributed by atoms with Crippen molar-refractivity contribution in [1.82, 2.24) is 25.6 Å². The molecule has 2 heterocycles. The van der Waals surface area contributed by atoms with Gasteiger partial charge in [0.05, 0.1) is 22.8 Å². The molecule has 1 amide bonds. The Hall–Kier alpha value is -3.77. The molecule has 13 heteroatoms. The zero-order chi connectivity index (χ0) is 17.1. The molecule has 0 saturated carbocycles. The molecule has 24 heavy (non-hydrogen) atoms. The number of nitrogen functional groups attached to an aromatic ring is 1. The lowest BCUT2D eigenvalue weighted by molar-refractivity contribution is -0.385. The third-order valence-electron chi connectivity index (χ3n) is 2.96. The number of hydrogen-bond acceptors (Lipinski definition) is 10. The van der Waals surface area contributed by atoms with Crippen molar-refractivity contribution in [1.29, 1.82) is 0 Å². The first kappa shape index (κ1) is 15.1. The van der Waals surface area contributed by atoms with Gasteiger partial charge < -0.3 is 15.2 Å². The van der Waals surface area contributed by atoms with Gasteiger partial charge in [-0.2, -0.15) is 5.10 Å². The predicted octanol–water partition coefficient (Wildman–Crippen LogP) is -0.958. The summed E-state index contributed by atoms with van der Waals surface area (Å²) in [6, 6.07) is 2.63. The summed E-state index contributed by atoms with van der Waals surface area (Å²) in [5.41, 5.74) is 7.53. The van der Waals surface area contributed by atoms with Crippen LogP contribution in [0.3, 0.4) is 0 Å². The van der Waals surface area contributed by atoms with Gasteiger partial charge in [0.1, 0.15) is 6.54 Å². The second-order valence-electron chi connectivity index (χ2n) is 4.51. The van der Waals surface area contributed by atoms with E-state index in [0.29, 0.717) is 5.75 Å². The number of hydrazone groups is 1. The summed E-state index contributed by atoms with van der Waals surface area (Å²) in [6.07, 6.45) is 1.13. The molecule has 0 aliphatic carbocycles. The van der Waals surface area contributed by atoms with E-state index >= 15 is 0 Å². The molecule has 2 aromatic rings. The summed E-state index contributed by atoms with van der Waals surface area (Å²) in [6.45, 7) is -0.267. The number of rotatable bonds is 5. The fourth-order valence-corrected chi connectivity index (χ4v) is 1.88. The van der Waals surface area contributed by atoms with E-state index in [1.807, 2.05) is 0 Å². The van der Waals surface area contributed by atoms with Crippen LogP contribution in [0.5, 0.6) is 11.5 Å². The zero-order valence-corrected chi connectivity index (χ0v) is 11.9. The maximum absolute atomic E-state index is 11.7. The molecule has 1 aliphatic rings. The van der Waals surface area contributed by atoms with Crippen molar-refractivity contribution in [2.75, 3.05) is 12.5 Å². The molecule has 0 spiro atoms. The summed E-state index contributed by atoms with van der Waals surface area (Å²) in [7, 11) is 0. The third kappa shape index (κ3) is 3.03. The lowest BCUT2D eigenvalue weighted by Gasteiger charge is -2.02. The first-order chi connectivity index (χ1) is 11.5. The van der Waals surface area contributed by atoms with Crippen molar-refractivity contribution >= 4 is 23.8 Å². The van der Waals surface area contributed by atoms with Crippen LogP contribution < -0.4 is 20.6 Å². The Morgan fingerprint density at radius 1 is 1.50 bits per heavy atom. The van der Waals surface area contributed by atoms with E-state index in [4.69, 9.17) is 15.2 Å². The van der Waals surface area contributed by atoms with Gasteiger partial charge in [0.2, 0.25) is 12.7 Å². The van der Waals surface area contributed by atoms with E-state index in [2.05, 4.69) is 26.1 Å². The van der Waals surface area contributed by atoms with Crippen molar-refractivity contribution in [3.8, 4) is 11.5 Å². The average molecular weight is 334 g/mol. The minimum atomic E-state index is -0.590. The number of aromatic nitrogens is 4. The van der Waals surface area contributed by atoms with Gasteiger partial charge in [-0.1, -0.05) is 5.10 Å². The number of amides is 1. The molecule has 3 N–H and O–H groups in total. The third-order valence-corrected chi connectivity index (χ3v) is 2.96. The lowest BCUT2D eigenvalue weighted by Crippen LogP contribution is -2.24. The smallest absolute Gasteiger partial charge is 0.282 e. The summed E-state index contributed by atoms with van der Waals surface area (Å²) < 4.78 is 11.3. The van der Waals surface area contributed by atoms with Crippen LogP contribution in [0.1, 0.15) is 5.56 Å². The van der Waals surface area contributed by atoms with Crippen molar-refractivity contribution in [2.45, 2.75) is 6.54 Å². The van der Waals surface area contributed by atoms with Crippen LogP contribution in [0.2, 0.25) is 0 Å². The molecule has 1 aromatic heterocycles. The Bertz CT molecular complexity index is 832. The molecule has 1 aromatic carbocycles. The van der Waals surface area contributed by atoms with Gasteiger partial charge in [0, 0.05) is 0 Å². The van der Waals surface area contributed by atoms with Gasteiger partial charge in [0.25, 0.3) is 11.6 Å². The average Bonchev–Trinajstić information content (AvgIpc) is 3.15. The van der Waals surface area contributed by atoms with Crippen LogP contribution in [0.15, 0.2) is 17.2 Å². The molecular formula is C11H10N8O5. The van der Waals surface area contributed by atoms with Crippen molar-refractivity contribution < 1.29 is 19.2 Å². The second-order valence-corrected chi connectivity index (χ2v) is 4.51. The SMILES string of the molecule is Nc1nnnn1CC(=O)N/N=C/c1cc2c(cc1[N+](=O)[O-])OCO2. The number of nitrogens with one attached hydrogen (secondary N) is 1. The molecular weight excluding hydrogens is 324 g/mol. The number of benzene rings is 1. The van der Waals surface area contributed by atoms with Crippen LogP contribution in [-0.2, 0) is 11.3 Å². The van der Waals surface area contributed by atoms with E-state index in [9.17, 15) is 14.9 Å². The van der Waals surface area contributed by atoms with Gasteiger partial charge in [-0.25, -0.2) is 10.1 Å². The number of tetrazole rings is 1. The Morgan fingerprint density at radius 2 is 2.25 bits per heavy atom. The molecule has 1 aliphatic heterocycles. The number of nitrogens with two attached hydrogens (primary N) is 1. The highest BCUT2D eigenvalue weighted by molar-refractivity contribution is 5.88. The van der Waals surface area contributed by atoms with Gasteiger partial charge in [0.15, 0.2) is 11.5 Å². The molecule has 0 atom stereocenters. The van der Waals surface area contributed by atoms with Crippen molar-refractivity contribution in [3.05, 3.63) is 27.8 Å². The van der Waals surface area contributed by atoms with Gasteiger partial charge in [-0.05, 0) is 16.5 Å². The van der Waals surface area contributed by atoms with Crippen LogP contribution in [0.4, 0.5) is 11.6 Å². The fourth-order valence-electron chi connectivity index (χ4n) is 1.88. The minimum Gasteiger partial charge on any atom is -0.454 e. The standard InChI is InChI=1S/C11H10N8O5/c12-11-15-16-17-18(11)4-10(20)14-13-3-6-1-8-9(24-5-23-8)2-7(6)19(21)22/h1-3H,4-5H2,(H,14,20)(H2,12,15,17)/b13-3+. The van der Waals surface area contributed by atoms with E-state index < -0.39 is 10.8 Å². The number of carbonyl (C=O) groups excluding carboxylic acids is 1. The zero-order valence-electron chi connectivity index (χ0n) is 11.9. The first-order valence-corrected chi connectivity index (χ1v) is 6.46. The number of hydrogen-bond donors (Lipinski definition) is 2. The van der Waals surface area contributed by atoms with E-state index in [1.165, 1.54) is 12.1 Å². The number of nitro benzene ring substituents is 1. The molecule has 0 fully saturated rings. The summed E-state index contributed by atoms with van der Waals surface area (Å²) in [5, 5.41) is 25.0. The first-order valence-electron chi connectivity index (χ1n) is 6.46. The van der Waals surface area contributed by atoms with Gasteiger partial charge in [-0.3, -0.25) is 14.9 Å². The number of nitro groups is 1. The maximum atomic E-state index is 11.7. The Labute approximate surface area is 133 Å². The molecule has 0 unspecified atom stereocenters. The number of fused-ring (bicyclic) bond motifs is 1. The summed E-state index contributed by atoms with van der Waals surface area (Å²) >= 11 is 0. The van der Waals surface area contributed by atoms with E-state index in [1.54, 1.807) is 0 Å². The quantitative estimate of drug-likeness (QED) is 0.396. The van der Waals surface area contributed by atoms with Crippen LogP contribution in [-0.4, -0.2) is 44.0 Å². The van der Waals surface area contributed by atoms with Gasteiger partial charge >= 0.3 is 0 Å². The predicted molar refractivity (Wildman–Crippen MR) is 77.2 cm³/mol. The molecule has 13 nitrogen and oxygen atoms in total. The van der Waals surface area contributed by atoms with Gasteiger partial charge in [-0.15, -0.1) is 0 Å². The molecule has 3 rings (SSSR count). The highest BCUT2D eigenvalue weighted by Gasteiger charge is 2.22. The number of carbonyl (C=O) groups is 1. The number of nitrogens with zero attached hydrogens (tertiary/aromatic N) is 6. The molecule has 124 valence electrons. The van der Waals surface area contributed by atoms with E-state index in [-0.39, 0.29) is 36.3 Å². The largest absolute Gasteiger partial charge is 0.454 e. The van der Waals surface area contributed by atoms with Crippen LogP contribution in [0, 0.1) is 10.1 Å². The molecule has 0 radical (unpaired) electrons. The molecule has 0 saturated heterocycles. The second kappa shape index (κ2) is 6.15. The highest BCUT2D eigenvalue weighted by Crippen LogP contribution is 2.37. The van der Waals surface area contributed by atoms with Crippen molar-refractivity contribution in [2.24, 2.45) is 5.10 Å². The lowest BCUT2D eigenvalue weighted by atomic mass is 10.1. The molecule has 0 bridgehead atoms. The normalized spacial score (nSPS) is 12.5. The minimum absolute atomic E-state index is 0.0167. The Balaban J connectivity index is 1.71. The van der Waals surface area contributed by atoms with Crippen molar-refractivity contribution in [3.63, 3.8) is 0 Å². The monoisotopic (exact) mass is 334 g/mol. The van der Waals surface area contributed by atoms with E-state index in [0.717, 1.165) is 10.9 Å². The topological polar surface area (TPSA) is 173 Å². The number of ether oxygens (including phenoxy) is 2. The Kier molecular flexibility index (Phi) is 3.88. The highest BCUT2D eigenvalue weighted by atomic mass is 16.7. The summed E-state index contributed by atoms with van der Waals surface area (Å²) in [4.78, 5) is 22.2. The van der Waals surface area contributed by atoms with Crippen LogP contribution in [0.25, 0.3) is 0 Å². The van der Waals surface area contributed by atoms with Crippen LogP contribution >= 0.6 is 0 Å². The number of anilines is 1. The summed E-state index contributed by atoms with van der Waals surface area (Å²) in [5.74, 6) is 0.0427. The maximum Gasteiger partial charge on any atom is 0.282 e.